The van der Waals surface area contributed by atoms with Gasteiger partial charge in [-0.25, -0.2) is 0 Å². The molecule has 2 aromatic rings. The number of nitrogens with two attached hydrogens (primary N) is 1. The fourth-order valence-corrected chi connectivity index (χ4v) is 4.70. The van der Waals surface area contributed by atoms with Gasteiger partial charge in [-0.2, -0.15) is 5.26 Å². The molecule has 2 aliphatic rings. The summed E-state index contributed by atoms with van der Waals surface area (Å²) in [7, 11) is 0. The second kappa shape index (κ2) is 9.20. The standard InChI is InChI=1S/C25H23Cl2N3O/c1-2-11-30-14-17(12-16-7-3-5-9-21(16)26)24-20(15-30)23(19(13-28)25(29)31-24)18-8-4-6-10-22(18)27/h3-10,12,23H,2,11,14-15,29H2,1H3/b17-12+. The van der Waals surface area contributed by atoms with Crippen molar-refractivity contribution in [1.82, 2.24) is 4.90 Å². The van der Waals surface area contributed by atoms with Crippen LogP contribution in [-0.2, 0) is 4.74 Å². The van der Waals surface area contributed by atoms with E-state index in [1.165, 1.54) is 0 Å². The molecular weight excluding hydrogens is 429 g/mol. The van der Waals surface area contributed by atoms with Gasteiger partial charge in [0, 0.05) is 28.7 Å². The summed E-state index contributed by atoms with van der Waals surface area (Å²) in [4.78, 5) is 2.35. The van der Waals surface area contributed by atoms with Gasteiger partial charge in [-0.15, -0.1) is 0 Å². The fourth-order valence-electron chi connectivity index (χ4n) is 4.26. The van der Waals surface area contributed by atoms with Crippen LogP contribution < -0.4 is 5.73 Å². The molecule has 31 heavy (non-hydrogen) atoms. The summed E-state index contributed by atoms with van der Waals surface area (Å²) in [5.41, 5.74) is 10.4. The number of benzene rings is 2. The van der Waals surface area contributed by atoms with Gasteiger partial charge in [0.2, 0.25) is 5.88 Å². The van der Waals surface area contributed by atoms with Gasteiger partial charge in [-0.3, -0.25) is 4.90 Å². The van der Waals surface area contributed by atoms with Crippen molar-refractivity contribution in [2.75, 3.05) is 19.6 Å². The van der Waals surface area contributed by atoms with E-state index in [1.54, 1.807) is 0 Å². The largest absolute Gasteiger partial charge is 0.440 e. The Kier molecular flexibility index (Phi) is 6.38. The molecule has 2 aliphatic heterocycles. The lowest BCUT2D eigenvalue weighted by atomic mass is 9.80. The SMILES string of the molecule is CCCN1CC2=C(OC(N)=C(C#N)C2c2ccccc2Cl)/C(=C/c2ccccc2Cl)C1. The molecule has 0 spiro atoms. The first-order chi connectivity index (χ1) is 15.0. The van der Waals surface area contributed by atoms with Gasteiger partial charge in [0.25, 0.3) is 0 Å². The summed E-state index contributed by atoms with van der Waals surface area (Å²) in [6, 6.07) is 17.6. The number of nitrogens with zero attached hydrogens (tertiary/aromatic N) is 2. The zero-order valence-corrected chi connectivity index (χ0v) is 18.7. The van der Waals surface area contributed by atoms with Crippen molar-refractivity contribution < 1.29 is 4.74 Å². The third-order valence-corrected chi connectivity index (χ3v) is 6.29. The van der Waals surface area contributed by atoms with E-state index in [-0.39, 0.29) is 11.8 Å². The molecule has 0 bridgehead atoms. The molecule has 6 heteroatoms. The number of ether oxygens (including phenoxy) is 1. The molecule has 2 N–H and O–H groups in total. The Morgan fingerprint density at radius 2 is 1.84 bits per heavy atom. The molecule has 0 aromatic heterocycles. The number of allylic oxidation sites excluding steroid dienone is 1. The van der Waals surface area contributed by atoms with Crippen molar-refractivity contribution in [3.63, 3.8) is 0 Å². The topological polar surface area (TPSA) is 62.3 Å². The molecular formula is C25H23Cl2N3O. The number of rotatable bonds is 4. The lowest BCUT2D eigenvalue weighted by molar-refractivity contribution is 0.234. The monoisotopic (exact) mass is 451 g/mol. The van der Waals surface area contributed by atoms with Crippen LogP contribution in [0, 0.1) is 11.3 Å². The number of hydrogen-bond acceptors (Lipinski definition) is 4. The maximum atomic E-state index is 9.90. The van der Waals surface area contributed by atoms with Gasteiger partial charge in [-0.05, 0) is 47.9 Å². The van der Waals surface area contributed by atoms with Crippen molar-refractivity contribution in [3.05, 3.63) is 98.1 Å². The number of halogens is 2. The zero-order valence-electron chi connectivity index (χ0n) is 17.2. The smallest absolute Gasteiger partial charge is 0.205 e. The Labute approximate surface area is 192 Å². The molecule has 4 nitrogen and oxygen atoms in total. The Balaban J connectivity index is 1.91. The second-order valence-corrected chi connectivity index (χ2v) is 8.52. The normalized spacial score (nSPS) is 20.5. The first-order valence-corrected chi connectivity index (χ1v) is 11.0. The van der Waals surface area contributed by atoms with E-state index >= 15 is 0 Å². The summed E-state index contributed by atoms with van der Waals surface area (Å²) >= 11 is 13.0. The van der Waals surface area contributed by atoms with Crippen LogP contribution in [0.15, 0.2) is 76.9 Å². The van der Waals surface area contributed by atoms with Gasteiger partial charge in [0.15, 0.2) is 0 Å². The first-order valence-electron chi connectivity index (χ1n) is 10.3. The van der Waals surface area contributed by atoms with Gasteiger partial charge in [0.1, 0.15) is 17.4 Å². The van der Waals surface area contributed by atoms with Crippen molar-refractivity contribution >= 4 is 29.3 Å². The van der Waals surface area contributed by atoms with Crippen molar-refractivity contribution in [3.8, 4) is 6.07 Å². The molecule has 0 aliphatic carbocycles. The average Bonchev–Trinajstić information content (AvgIpc) is 2.76. The molecule has 0 radical (unpaired) electrons. The van der Waals surface area contributed by atoms with Crippen LogP contribution in [0.2, 0.25) is 10.0 Å². The molecule has 0 fully saturated rings. The van der Waals surface area contributed by atoms with E-state index in [2.05, 4.69) is 17.9 Å². The molecule has 4 rings (SSSR count). The van der Waals surface area contributed by atoms with Crippen LogP contribution in [0.5, 0.6) is 0 Å². The van der Waals surface area contributed by atoms with Crippen LogP contribution in [0.1, 0.15) is 30.4 Å². The average molecular weight is 452 g/mol. The Hall–Kier alpha value is -2.71. The maximum absolute atomic E-state index is 9.90. The maximum Gasteiger partial charge on any atom is 0.205 e. The third-order valence-electron chi connectivity index (χ3n) is 5.60. The summed E-state index contributed by atoms with van der Waals surface area (Å²) in [6.45, 7) is 4.47. The second-order valence-electron chi connectivity index (χ2n) is 7.70. The summed E-state index contributed by atoms with van der Waals surface area (Å²) in [6.07, 6.45) is 3.07. The highest BCUT2D eigenvalue weighted by atomic mass is 35.5. The summed E-state index contributed by atoms with van der Waals surface area (Å²) in [5, 5.41) is 11.2. The Morgan fingerprint density at radius 3 is 2.52 bits per heavy atom. The number of nitriles is 1. The predicted octanol–water partition coefficient (Wildman–Crippen LogP) is 5.86. The molecule has 0 saturated carbocycles. The van der Waals surface area contributed by atoms with E-state index < -0.39 is 0 Å². The highest BCUT2D eigenvalue weighted by Gasteiger charge is 2.38. The highest BCUT2D eigenvalue weighted by Crippen LogP contribution is 2.45. The Morgan fingerprint density at radius 1 is 1.13 bits per heavy atom. The van der Waals surface area contributed by atoms with Gasteiger partial charge in [0.05, 0.1) is 5.92 Å². The van der Waals surface area contributed by atoms with E-state index in [1.807, 2.05) is 54.6 Å². The fraction of sp³-hybridized carbons (Fsp3) is 0.240. The molecule has 2 heterocycles. The third kappa shape index (κ3) is 4.22. The molecule has 1 atom stereocenters. The van der Waals surface area contributed by atoms with Crippen molar-refractivity contribution in [2.45, 2.75) is 19.3 Å². The van der Waals surface area contributed by atoms with E-state index in [0.29, 0.717) is 34.5 Å². The number of hydrogen-bond donors (Lipinski definition) is 1. The minimum atomic E-state index is -0.350. The minimum Gasteiger partial charge on any atom is -0.440 e. The van der Waals surface area contributed by atoms with E-state index in [4.69, 9.17) is 33.7 Å². The Bertz CT molecular complexity index is 1140. The molecule has 2 aromatic carbocycles. The lowest BCUT2D eigenvalue weighted by Gasteiger charge is -2.38. The van der Waals surface area contributed by atoms with Gasteiger partial charge < -0.3 is 10.5 Å². The molecule has 158 valence electrons. The van der Waals surface area contributed by atoms with Crippen LogP contribution >= 0.6 is 23.2 Å². The van der Waals surface area contributed by atoms with Crippen molar-refractivity contribution in [1.29, 1.82) is 5.26 Å². The van der Waals surface area contributed by atoms with E-state index in [9.17, 15) is 5.26 Å². The molecule has 1 unspecified atom stereocenters. The van der Waals surface area contributed by atoms with Crippen LogP contribution in [0.25, 0.3) is 6.08 Å². The minimum absolute atomic E-state index is 0.125. The van der Waals surface area contributed by atoms with Crippen LogP contribution in [-0.4, -0.2) is 24.5 Å². The lowest BCUT2D eigenvalue weighted by Crippen LogP contribution is -2.38. The summed E-state index contributed by atoms with van der Waals surface area (Å²) < 4.78 is 6.07. The summed E-state index contributed by atoms with van der Waals surface area (Å²) in [5.74, 6) is 0.491. The van der Waals surface area contributed by atoms with Gasteiger partial charge >= 0.3 is 0 Å². The quantitative estimate of drug-likeness (QED) is 0.631. The zero-order chi connectivity index (χ0) is 22.0. The van der Waals surface area contributed by atoms with Crippen molar-refractivity contribution in [2.24, 2.45) is 5.73 Å². The van der Waals surface area contributed by atoms with Crippen LogP contribution in [0.4, 0.5) is 0 Å². The molecule has 0 amide bonds. The van der Waals surface area contributed by atoms with Crippen LogP contribution in [0.3, 0.4) is 0 Å². The van der Waals surface area contributed by atoms with Gasteiger partial charge in [-0.1, -0.05) is 66.5 Å². The van der Waals surface area contributed by atoms with E-state index in [0.717, 1.165) is 35.2 Å². The highest BCUT2D eigenvalue weighted by molar-refractivity contribution is 6.32. The first kappa shape index (κ1) is 21.5. The molecule has 0 saturated heterocycles. The predicted molar refractivity (Wildman–Crippen MR) is 125 cm³/mol.